The van der Waals surface area contributed by atoms with Crippen LogP contribution in [0.1, 0.15) is 24.6 Å². The highest BCUT2D eigenvalue weighted by atomic mass is 16.2. The molecule has 2 atom stereocenters. The lowest BCUT2D eigenvalue weighted by Gasteiger charge is -2.37. The molecule has 0 bridgehead atoms. The summed E-state index contributed by atoms with van der Waals surface area (Å²) in [6.45, 7) is 3.89. The lowest BCUT2D eigenvalue weighted by atomic mass is 10.0. The van der Waals surface area contributed by atoms with Gasteiger partial charge in [-0.25, -0.2) is 0 Å². The van der Waals surface area contributed by atoms with Crippen molar-refractivity contribution in [2.75, 3.05) is 19.6 Å². The van der Waals surface area contributed by atoms with E-state index in [0.717, 1.165) is 17.7 Å². The number of rotatable bonds is 4. The van der Waals surface area contributed by atoms with Gasteiger partial charge in [0.05, 0.1) is 6.04 Å². The third kappa shape index (κ3) is 3.56. The van der Waals surface area contributed by atoms with Crippen LogP contribution in [0.5, 0.6) is 0 Å². The molecule has 2 unspecified atom stereocenters. The van der Waals surface area contributed by atoms with E-state index in [1.54, 1.807) is 13.1 Å². The number of nitrogens with zero attached hydrogens (tertiary/aromatic N) is 6. The van der Waals surface area contributed by atoms with Gasteiger partial charge in [-0.2, -0.15) is 4.80 Å². The largest absolute Gasteiger partial charge is 0.331 e. The second kappa shape index (κ2) is 7.63. The zero-order valence-electron chi connectivity index (χ0n) is 15.1. The Labute approximate surface area is 157 Å². The summed E-state index contributed by atoms with van der Waals surface area (Å²) < 4.78 is 0. The predicted octanol–water partition coefficient (Wildman–Crippen LogP) is 1.47. The van der Waals surface area contributed by atoms with Crippen molar-refractivity contribution >= 4 is 5.91 Å². The fourth-order valence-corrected chi connectivity index (χ4v) is 3.27. The minimum Gasteiger partial charge on any atom is -0.331 e. The van der Waals surface area contributed by atoms with Gasteiger partial charge in [0.15, 0.2) is 0 Å². The second-order valence-corrected chi connectivity index (χ2v) is 6.51. The first-order valence-corrected chi connectivity index (χ1v) is 9.00. The number of nitrogens with one attached hydrogen (secondary N) is 1. The Kier molecular flexibility index (Phi) is 4.88. The first-order chi connectivity index (χ1) is 13.2. The Hall–Kier alpha value is -3.13. The van der Waals surface area contributed by atoms with Gasteiger partial charge < -0.3 is 10.2 Å². The molecule has 4 rings (SSSR count). The van der Waals surface area contributed by atoms with E-state index in [0.29, 0.717) is 18.9 Å². The standard InChI is InChI=1S/C19H21N7O/c1-14(26-23-18(22-24-26)15-6-3-2-4-7-15)19(27)25-11-10-21-13-17(25)16-8-5-9-20-12-16/h2-9,12,14,17,21H,10-11,13H2,1H3. The zero-order valence-corrected chi connectivity index (χ0v) is 15.1. The van der Waals surface area contributed by atoms with Gasteiger partial charge >= 0.3 is 0 Å². The topological polar surface area (TPSA) is 88.8 Å². The van der Waals surface area contributed by atoms with Crippen molar-refractivity contribution in [3.05, 3.63) is 60.4 Å². The Bertz CT molecular complexity index is 897. The predicted molar refractivity (Wildman–Crippen MR) is 99.5 cm³/mol. The molecule has 1 aromatic carbocycles. The van der Waals surface area contributed by atoms with Gasteiger partial charge in [-0.1, -0.05) is 36.4 Å². The van der Waals surface area contributed by atoms with Crippen LogP contribution in [-0.4, -0.2) is 55.6 Å². The van der Waals surface area contributed by atoms with Crippen LogP contribution >= 0.6 is 0 Å². The maximum atomic E-state index is 13.2. The molecule has 138 valence electrons. The number of hydrogen-bond donors (Lipinski definition) is 1. The van der Waals surface area contributed by atoms with Gasteiger partial charge in [-0.3, -0.25) is 9.78 Å². The lowest BCUT2D eigenvalue weighted by Crippen LogP contribution is -2.50. The van der Waals surface area contributed by atoms with E-state index in [4.69, 9.17) is 0 Å². The van der Waals surface area contributed by atoms with E-state index in [-0.39, 0.29) is 11.9 Å². The van der Waals surface area contributed by atoms with Crippen molar-refractivity contribution in [3.63, 3.8) is 0 Å². The number of pyridine rings is 1. The number of piperazine rings is 1. The number of aromatic nitrogens is 5. The normalized spacial score (nSPS) is 18.3. The number of carbonyl (C=O) groups excluding carboxylic acids is 1. The second-order valence-electron chi connectivity index (χ2n) is 6.51. The van der Waals surface area contributed by atoms with Gasteiger partial charge in [-0.05, 0) is 23.8 Å². The molecule has 8 heteroatoms. The maximum absolute atomic E-state index is 13.2. The van der Waals surface area contributed by atoms with Gasteiger partial charge in [0.2, 0.25) is 11.7 Å². The summed E-state index contributed by atoms with van der Waals surface area (Å²) in [5.74, 6) is 0.488. The molecule has 0 spiro atoms. The van der Waals surface area contributed by atoms with Crippen molar-refractivity contribution in [1.29, 1.82) is 0 Å². The number of amides is 1. The summed E-state index contributed by atoms with van der Waals surface area (Å²) in [5, 5.41) is 16.0. The average molecular weight is 363 g/mol. The fraction of sp³-hybridized carbons (Fsp3) is 0.316. The first kappa shape index (κ1) is 17.3. The molecule has 0 saturated carbocycles. The van der Waals surface area contributed by atoms with Crippen molar-refractivity contribution in [2.45, 2.75) is 19.0 Å². The third-order valence-corrected chi connectivity index (χ3v) is 4.76. The maximum Gasteiger partial charge on any atom is 0.249 e. The van der Waals surface area contributed by atoms with Gasteiger partial charge in [-0.15, -0.1) is 10.2 Å². The Morgan fingerprint density at radius 2 is 2.07 bits per heavy atom. The van der Waals surface area contributed by atoms with Crippen LogP contribution in [-0.2, 0) is 4.79 Å². The van der Waals surface area contributed by atoms with Crippen LogP contribution in [0, 0.1) is 0 Å². The molecule has 2 aromatic heterocycles. The van der Waals surface area contributed by atoms with Crippen LogP contribution < -0.4 is 5.32 Å². The number of benzene rings is 1. The smallest absolute Gasteiger partial charge is 0.249 e. The van der Waals surface area contributed by atoms with Gasteiger partial charge in [0.25, 0.3) is 0 Å². The van der Waals surface area contributed by atoms with E-state index in [9.17, 15) is 4.79 Å². The minimum atomic E-state index is -0.535. The molecule has 8 nitrogen and oxygen atoms in total. The monoisotopic (exact) mass is 363 g/mol. The van der Waals surface area contributed by atoms with Crippen molar-refractivity contribution in [1.82, 2.24) is 35.4 Å². The molecular weight excluding hydrogens is 342 g/mol. The van der Waals surface area contributed by atoms with E-state index >= 15 is 0 Å². The molecule has 1 N–H and O–H groups in total. The number of tetrazole rings is 1. The van der Waals surface area contributed by atoms with Gasteiger partial charge in [0, 0.05) is 37.6 Å². The lowest BCUT2D eigenvalue weighted by molar-refractivity contribution is -0.138. The summed E-state index contributed by atoms with van der Waals surface area (Å²) in [6, 6.07) is 12.9. The highest BCUT2D eigenvalue weighted by molar-refractivity contribution is 5.80. The molecule has 3 heterocycles. The Morgan fingerprint density at radius 3 is 2.85 bits per heavy atom. The Morgan fingerprint density at radius 1 is 1.22 bits per heavy atom. The SMILES string of the molecule is CC(C(=O)N1CCNCC1c1cccnc1)n1nnc(-c2ccccc2)n1. The van der Waals surface area contributed by atoms with E-state index in [2.05, 4.69) is 25.7 Å². The van der Waals surface area contributed by atoms with Crippen LogP contribution in [0.15, 0.2) is 54.9 Å². The molecular formula is C19H21N7O. The molecule has 0 aliphatic carbocycles. The van der Waals surface area contributed by atoms with Crippen LogP contribution in [0.3, 0.4) is 0 Å². The van der Waals surface area contributed by atoms with Crippen LogP contribution in [0.2, 0.25) is 0 Å². The quantitative estimate of drug-likeness (QED) is 0.755. The molecule has 1 fully saturated rings. The first-order valence-electron chi connectivity index (χ1n) is 9.00. The molecule has 1 aliphatic rings. The molecule has 1 saturated heterocycles. The summed E-state index contributed by atoms with van der Waals surface area (Å²) >= 11 is 0. The highest BCUT2D eigenvalue weighted by Crippen LogP contribution is 2.24. The molecule has 1 amide bonds. The molecule has 0 radical (unpaired) electrons. The minimum absolute atomic E-state index is 0.0256. The summed E-state index contributed by atoms with van der Waals surface area (Å²) in [5.41, 5.74) is 1.89. The van der Waals surface area contributed by atoms with Crippen molar-refractivity contribution < 1.29 is 4.79 Å². The van der Waals surface area contributed by atoms with Crippen molar-refractivity contribution in [2.24, 2.45) is 0 Å². The summed E-state index contributed by atoms with van der Waals surface area (Å²) in [6.07, 6.45) is 3.54. The average Bonchev–Trinajstić information content (AvgIpc) is 3.24. The third-order valence-electron chi connectivity index (χ3n) is 4.76. The van der Waals surface area contributed by atoms with E-state index < -0.39 is 6.04 Å². The number of carbonyl (C=O) groups is 1. The summed E-state index contributed by atoms with van der Waals surface area (Å²) in [4.78, 5) is 20.6. The molecule has 3 aromatic rings. The zero-order chi connectivity index (χ0) is 18.6. The van der Waals surface area contributed by atoms with Crippen molar-refractivity contribution in [3.8, 4) is 11.4 Å². The molecule has 27 heavy (non-hydrogen) atoms. The fourth-order valence-electron chi connectivity index (χ4n) is 3.27. The molecule has 1 aliphatic heterocycles. The van der Waals surface area contributed by atoms with Gasteiger partial charge in [0.1, 0.15) is 6.04 Å². The summed E-state index contributed by atoms with van der Waals surface area (Å²) in [7, 11) is 0. The highest BCUT2D eigenvalue weighted by Gasteiger charge is 2.32. The van der Waals surface area contributed by atoms with E-state index in [1.807, 2.05) is 53.6 Å². The van der Waals surface area contributed by atoms with Crippen LogP contribution in [0.25, 0.3) is 11.4 Å². The number of hydrogen-bond acceptors (Lipinski definition) is 6. The van der Waals surface area contributed by atoms with Crippen LogP contribution in [0.4, 0.5) is 0 Å². The van der Waals surface area contributed by atoms with E-state index in [1.165, 1.54) is 4.80 Å². The Balaban J connectivity index is 1.55.